The summed E-state index contributed by atoms with van der Waals surface area (Å²) in [5.74, 6) is -0.167. The van der Waals surface area contributed by atoms with Crippen LogP contribution in [0, 0.1) is 0 Å². The van der Waals surface area contributed by atoms with Gasteiger partial charge < -0.3 is 15.2 Å². The molecule has 0 radical (unpaired) electrons. The standard InChI is InChI=1S/C11H15NO3.ClH/c1-8(13)15-11(7-12-2)9-4-3-5-10(14)6-9;/h3-6,11-12,14H,7H2,1-2H3;1H. The van der Waals surface area contributed by atoms with E-state index in [-0.39, 0.29) is 30.2 Å². The van der Waals surface area contributed by atoms with E-state index in [2.05, 4.69) is 5.32 Å². The van der Waals surface area contributed by atoms with Crippen molar-refractivity contribution in [2.75, 3.05) is 13.6 Å². The first-order valence-electron chi connectivity index (χ1n) is 4.74. The van der Waals surface area contributed by atoms with Gasteiger partial charge in [-0.3, -0.25) is 4.79 Å². The summed E-state index contributed by atoms with van der Waals surface area (Å²) in [6.45, 7) is 1.88. The van der Waals surface area contributed by atoms with Crippen LogP contribution in [-0.4, -0.2) is 24.7 Å². The fourth-order valence-electron chi connectivity index (χ4n) is 1.34. The number of halogens is 1. The average Bonchev–Trinajstić information content (AvgIpc) is 2.16. The van der Waals surface area contributed by atoms with E-state index in [0.29, 0.717) is 6.54 Å². The number of carbonyl (C=O) groups is 1. The molecule has 0 amide bonds. The van der Waals surface area contributed by atoms with E-state index in [1.165, 1.54) is 6.92 Å². The van der Waals surface area contributed by atoms with Crippen molar-refractivity contribution in [1.82, 2.24) is 5.32 Å². The first-order chi connectivity index (χ1) is 7.13. The van der Waals surface area contributed by atoms with Gasteiger partial charge in [-0.15, -0.1) is 12.4 Å². The third kappa shape index (κ3) is 4.51. The number of phenols is 1. The van der Waals surface area contributed by atoms with Gasteiger partial charge in [0.15, 0.2) is 0 Å². The maximum absolute atomic E-state index is 10.9. The van der Waals surface area contributed by atoms with Crippen LogP contribution in [0.15, 0.2) is 24.3 Å². The molecule has 0 aromatic heterocycles. The Morgan fingerprint density at radius 3 is 2.75 bits per heavy atom. The van der Waals surface area contributed by atoms with Gasteiger partial charge in [-0.25, -0.2) is 0 Å². The zero-order valence-corrected chi connectivity index (χ0v) is 10.1. The first-order valence-corrected chi connectivity index (χ1v) is 4.74. The molecule has 0 bridgehead atoms. The van der Waals surface area contributed by atoms with Gasteiger partial charge in [-0.05, 0) is 24.7 Å². The molecule has 4 nitrogen and oxygen atoms in total. The third-order valence-electron chi connectivity index (χ3n) is 1.94. The Morgan fingerprint density at radius 1 is 1.56 bits per heavy atom. The second-order valence-electron chi connectivity index (χ2n) is 3.25. The van der Waals surface area contributed by atoms with Gasteiger partial charge >= 0.3 is 5.97 Å². The SMILES string of the molecule is CNCC(OC(C)=O)c1cccc(O)c1.Cl. The fraction of sp³-hybridized carbons (Fsp3) is 0.364. The van der Waals surface area contributed by atoms with Gasteiger partial charge in [0.1, 0.15) is 11.9 Å². The highest BCUT2D eigenvalue weighted by atomic mass is 35.5. The molecule has 0 aliphatic rings. The van der Waals surface area contributed by atoms with Crippen molar-refractivity contribution in [3.63, 3.8) is 0 Å². The van der Waals surface area contributed by atoms with Crippen LogP contribution < -0.4 is 5.32 Å². The van der Waals surface area contributed by atoms with E-state index in [0.717, 1.165) is 5.56 Å². The summed E-state index contributed by atoms with van der Waals surface area (Å²) in [5, 5.41) is 12.2. The predicted octanol–water partition coefficient (Wildman–Crippen LogP) is 1.64. The van der Waals surface area contributed by atoms with Crippen molar-refractivity contribution < 1.29 is 14.6 Å². The van der Waals surface area contributed by atoms with Crippen molar-refractivity contribution >= 4 is 18.4 Å². The number of hydrogen-bond donors (Lipinski definition) is 2. The first kappa shape index (κ1) is 14.7. The molecule has 0 saturated carbocycles. The molecule has 0 fully saturated rings. The summed E-state index contributed by atoms with van der Waals surface area (Å²) in [5.41, 5.74) is 0.777. The molecule has 16 heavy (non-hydrogen) atoms. The van der Waals surface area contributed by atoms with Gasteiger partial charge in [-0.2, -0.15) is 0 Å². The van der Waals surface area contributed by atoms with Crippen LogP contribution in [0.25, 0.3) is 0 Å². The zero-order chi connectivity index (χ0) is 11.3. The molecule has 0 heterocycles. The third-order valence-corrected chi connectivity index (χ3v) is 1.94. The number of ether oxygens (including phenoxy) is 1. The minimum atomic E-state index is -0.361. The quantitative estimate of drug-likeness (QED) is 0.792. The largest absolute Gasteiger partial charge is 0.508 e. The summed E-state index contributed by atoms with van der Waals surface area (Å²) < 4.78 is 5.12. The molecule has 0 aliphatic carbocycles. The van der Waals surface area contributed by atoms with Gasteiger partial charge in [0.2, 0.25) is 0 Å². The molecule has 90 valence electrons. The average molecular weight is 246 g/mol. The smallest absolute Gasteiger partial charge is 0.303 e. The van der Waals surface area contributed by atoms with Gasteiger partial charge in [0, 0.05) is 13.5 Å². The van der Waals surface area contributed by atoms with E-state index >= 15 is 0 Å². The molecule has 0 spiro atoms. The van der Waals surface area contributed by atoms with Crippen molar-refractivity contribution in [3.8, 4) is 5.75 Å². The van der Waals surface area contributed by atoms with Gasteiger partial charge in [0.05, 0.1) is 0 Å². The highest BCUT2D eigenvalue weighted by Gasteiger charge is 2.13. The second-order valence-corrected chi connectivity index (χ2v) is 3.25. The minimum absolute atomic E-state index is 0. The summed E-state index contributed by atoms with van der Waals surface area (Å²) in [4.78, 5) is 10.9. The second kappa shape index (κ2) is 7.09. The monoisotopic (exact) mass is 245 g/mol. The van der Waals surface area contributed by atoms with Gasteiger partial charge in [-0.1, -0.05) is 12.1 Å². The number of nitrogens with one attached hydrogen (secondary N) is 1. The maximum atomic E-state index is 10.9. The summed E-state index contributed by atoms with van der Waals surface area (Å²) in [7, 11) is 1.78. The summed E-state index contributed by atoms with van der Waals surface area (Å²) in [6.07, 6.45) is -0.361. The lowest BCUT2D eigenvalue weighted by Gasteiger charge is -2.16. The van der Waals surface area contributed by atoms with Crippen LogP contribution >= 0.6 is 12.4 Å². The Bertz CT molecular complexity index is 344. The van der Waals surface area contributed by atoms with Crippen LogP contribution in [0.1, 0.15) is 18.6 Å². The molecular formula is C11H16ClNO3. The molecule has 1 atom stereocenters. The van der Waals surface area contributed by atoms with E-state index in [1.54, 1.807) is 25.2 Å². The molecule has 1 aromatic rings. The summed E-state index contributed by atoms with van der Waals surface area (Å²) in [6, 6.07) is 6.69. The lowest BCUT2D eigenvalue weighted by atomic mass is 10.1. The van der Waals surface area contributed by atoms with Crippen molar-refractivity contribution in [3.05, 3.63) is 29.8 Å². The number of likely N-dealkylation sites (N-methyl/N-ethyl adjacent to an activating group) is 1. The fourth-order valence-corrected chi connectivity index (χ4v) is 1.34. The highest BCUT2D eigenvalue weighted by molar-refractivity contribution is 5.85. The molecule has 1 rings (SSSR count). The van der Waals surface area contributed by atoms with Crippen molar-refractivity contribution in [1.29, 1.82) is 0 Å². The number of esters is 1. The van der Waals surface area contributed by atoms with E-state index in [4.69, 9.17) is 4.74 Å². The van der Waals surface area contributed by atoms with Crippen LogP contribution in [-0.2, 0) is 9.53 Å². The van der Waals surface area contributed by atoms with E-state index < -0.39 is 0 Å². The Hall–Kier alpha value is -1.26. The zero-order valence-electron chi connectivity index (χ0n) is 9.27. The molecule has 5 heteroatoms. The van der Waals surface area contributed by atoms with Crippen LogP contribution in [0.2, 0.25) is 0 Å². The molecule has 1 unspecified atom stereocenters. The normalized spacial score (nSPS) is 11.4. The summed E-state index contributed by atoms with van der Waals surface area (Å²) >= 11 is 0. The Balaban J connectivity index is 0.00000225. The Morgan fingerprint density at radius 2 is 2.25 bits per heavy atom. The molecular weight excluding hydrogens is 230 g/mol. The molecule has 0 saturated heterocycles. The maximum Gasteiger partial charge on any atom is 0.303 e. The predicted molar refractivity (Wildman–Crippen MR) is 63.8 cm³/mol. The highest BCUT2D eigenvalue weighted by Crippen LogP contribution is 2.20. The molecule has 1 aromatic carbocycles. The number of rotatable bonds is 4. The van der Waals surface area contributed by atoms with E-state index in [9.17, 15) is 9.90 Å². The minimum Gasteiger partial charge on any atom is -0.508 e. The van der Waals surface area contributed by atoms with Crippen LogP contribution in [0.5, 0.6) is 5.75 Å². The molecule has 2 N–H and O–H groups in total. The van der Waals surface area contributed by atoms with Crippen molar-refractivity contribution in [2.45, 2.75) is 13.0 Å². The Labute approximate surface area is 101 Å². The number of carbonyl (C=O) groups excluding carboxylic acids is 1. The number of phenolic OH excluding ortho intramolecular Hbond substituents is 1. The Kier molecular flexibility index (Phi) is 6.53. The van der Waals surface area contributed by atoms with Crippen LogP contribution in [0.4, 0.5) is 0 Å². The lowest BCUT2D eigenvalue weighted by Crippen LogP contribution is -2.21. The van der Waals surface area contributed by atoms with Gasteiger partial charge in [0.25, 0.3) is 0 Å². The number of benzene rings is 1. The van der Waals surface area contributed by atoms with Crippen LogP contribution in [0.3, 0.4) is 0 Å². The van der Waals surface area contributed by atoms with Crippen molar-refractivity contribution in [2.24, 2.45) is 0 Å². The number of aromatic hydroxyl groups is 1. The lowest BCUT2D eigenvalue weighted by molar-refractivity contribution is -0.146. The number of hydrogen-bond acceptors (Lipinski definition) is 4. The van der Waals surface area contributed by atoms with E-state index in [1.807, 2.05) is 6.07 Å². The topological polar surface area (TPSA) is 58.6 Å². The molecule has 0 aliphatic heterocycles.